The van der Waals surface area contributed by atoms with Gasteiger partial charge in [-0.05, 0) is 80.0 Å². The Balaban J connectivity index is 1.19. The number of benzene rings is 9. The number of para-hydroxylation sites is 1. The average molecular weight is 759 g/mol. The molecule has 1 atom stereocenters. The summed E-state index contributed by atoms with van der Waals surface area (Å²) in [5, 5.41) is 19.3. The summed E-state index contributed by atoms with van der Waals surface area (Å²) in [4.78, 5) is 0. The largest absolute Gasteiger partial charge is 0.309 e. The van der Waals surface area contributed by atoms with Crippen molar-refractivity contribution >= 4 is 66.4 Å². The van der Waals surface area contributed by atoms with Crippen molar-refractivity contribution in [2.24, 2.45) is 0 Å². The van der Waals surface area contributed by atoms with Crippen molar-refractivity contribution in [2.75, 3.05) is 0 Å². The minimum absolute atomic E-state index is 0.266. The Labute approximate surface area is 336 Å². The van der Waals surface area contributed by atoms with Crippen LogP contribution in [0, 0.1) is 11.3 Å². The summed E-state index contributed by atoms with van der Waals surface area (Å²) in [7, 11) is -3.18. The van der Waals surface area contributed by atoms with Crippen LogP contribution in [-0.2, 0) is 9.98 Å². The van der Waals surface area contributed by atoms with E-state index in [0.717, 1.165) is 65.3 Å². The van der Waals surface area contributed by atoms with Gasteiger partial charge in [0.15, 0.2) is 7.14 Å². The van der Waals surface area contributed by atoms with Gasteiger partial charge in [-0.3, -0.25) is 0 Å². The molecular weight excluding hydrogens is 724 g/mol. The van der Waals surface area contributed by atoms with E-state index in [-0.39, 0.29) is 5.41 Å². The van der Waals surface area contributed by atoms with Gasteiger partial charge in [0.25, 0.3) is 0 Å². The Bertz CT molecular complexity index is 3470. The molecule has 0 saturated heterocycles. The highest BCUT2D eigenvalue weighted by atomic mass is 31.2. The van der Waals surface area contributed by atoms with E-state index >= 15 is 4.57 Å². The maximum absolute atomic E-state index is 15.8. The molecule has 0 N–H and O–H groups in total. The Kier molecular flexibility index (Phi) is 6.74. The Hall–Kier alpha value is -6.98. The van der Waals surface area contributed by atoms with Crippen molar-refractivity contribution in [3.05, 3.63) is 193 Å². The van der Waals surface area contributed by atoms with Crippen molar-refractivity contribution in [3.8, 4) is 45.1 Å². The minimum atomic E-state index is -3.18. The van der Waals surface area contributed by atoms with Crippen molar-refractivity contribution in [1.82, 2.24) is 4.57 Å². The van der Waals surface area contributed by atoms with E-state index in [1.165, 1.54) is 44.2 Å². The van der Waals surface area contributed by atoms with Gasteiger partial charge in [-0.2, -0.15) is 5.26 Å². The third-order valence-corrected chi connectivity index (χ3v) is 16.2. The topological polar surface area (TPSA) is 45.8 Å². The Morgan fingerprint density at radius 2 is 1.12 bits per heavy atom. The summed E-state index contributed by atoms with van der Waals surface area (Å²) in [6.45, 7) is 4.55. The fourth-order valence-electron chi connectivity index (χ4n) is 10.4. The van der Waals surface area contributed by atoms with Crippen LogP contribution >= 0.6 is 7.14 Å². The van der Waals surface area contributed by atoms with Gasteiger partial charge < -0.3 is 9.13 Å². The lowest BCUT2D eigenvalue weighted by atomic mass is 9.80. The second-order valence-electron chi connectivity index (χ2n) is 16.2. The lowest BCUT2D eigenvalue weighted by Crippen LogP contribution is -2.20. The van der Waals surface area contributed by atoms with Gasteiger partial charge in [-0.1, -0.05) is 159 Å². The summed E-state index contributed by atoms with van der Waals surface area (Å²) in [5.74, 6) is 0. The van der Waals surface area contributed by atoms with Crippen LogP contribution in [0.5, 0.6) is 0 Å². The van der Waals surface area contributed by atoms with Crippen molar-refractivity contribution in [3.63, 3.8) is 0 Å². The highest BCUT2D eigenvalue weighted by molar-refractivity contribution is 7.86. The molecule has 3 nitrogen and oxygen atoms in total. The number of aromatic nitrogens is 1. The summed E-state index contributed by atoms with van der Waals surface area (Å²) in [6, 6.07) is 64.5. The molecule has 0 saturated carbocycles. The first-order chi connectivity index (χ1) is 28.4. The minimum Gasteiger partial charge on any atom is -0.309 e. The molecule has 0 fully saturated rings. The van der Waals surface area contributed by atoms with Crippen molar-refractivity contribution in [2.45, 2.75) is 19.3 Å². The molecule has 10 aromatic rings. The van der Waals surface area contributed by atoms with Gasteiger partial charge in [0.1, 0.15) is 0 Å². The molecule has 2 heterocycles. The van der Waals surface area contributed by atoms with Gasteiger partial charge in [-0.15, -0.1) is 0 Å². The van der Waals surface area contributed by atoms with E-state index in [1.807, 2.05) is 42.5 Å². The number of fused-ring (bicyclic) bond motifs is 12. The van der Waals surface area contributed by atoms with Crippen LogP contribution in [0.3, 0.4) is 0 Å². The predicted molar refractivity (Wildman–Crippen MR) is 242 cm³/mol. The van der Waals surface area contributed by atoms with E-state index in [4.69, 9.17) is 0 Å². The monoisotopic (exact) mass is 758 g/mol. The highest BCUT2D eigenvalue weighted by Crippen LogP contribution is 2.56. The molecule has 0 amide bonds. The molecule has 1 unspecified atom stereocenters. The van der Waals surface area contributed by atoms with Gasteiger partial charge in [0.05, 0.1) is 28.4 Å². The van der Waals surface area contributed by atoms with Crippen LogP contribution in [0.1, 0.15) is 30.5 Å². The van der Waals surface area contributed by atoms with Gasteiger partial charge in [-0.25, -0.2) is 0 Å². The molecule has 272 valence electrons. The van der Waals surface area contributed by atoms with Crippen molar-refractivity contribution < 1.29 is 4.57 Å². The van der Waals surface area contributed by atoms with E-state index in [1.54, 1.807) is 0 Å². The second-order valence-corrected chi connectivity index (χ2v) is 18.9. The number of hydrogen-bond donors (Lipinski definition) is 0. The molecule has 12 rings (SSSR count). The molecule has 1 aliphatic heterocycles. The summed E-state index contributed by atoms with van der Waals surface area (Å²) in [6.07, 6.45) is 0. The molecule has 1 aromatic heterocycles. The summed E-state index contributed by atoms with van der Waals surface area (Å²) < 4.78 is 18.3. The fourth-order valence-corrected chi connectivity index (χ4v) is 13.5. The summed E-state index contributed by atoms with van der Waals surface area (Å²) >= 11 is 0. The fraction of sp³-hybridized carbons (Fsp3) is 0.0556. The zero-order valence-corrected chi connectivity index (χ0v) is 32.9. The van der Waals surface area contributed by atoms with Gasteiger partial charge >= 0.3 is 0 Å². The first-order valence-electron chi connectivity index (χ1n) is 19.9. The lowest BCUT2D eigenvalue weighted by Gasteiger charge is -2.23. The molecule has 0 bridgehead atoms. The van der Waals surface area contributed by atoms with Crippen LogP contribution in [0.4, 0.5) is 0 Å². The Morgan fingerprint density at radius 3 is 1.84 bits per heavy atom. The average Bonchev–Trinajstić information content (AvgIpc) is 3.83. The quantitative estimate of drug-likeness (QED) is 0.133. The van der Waals surface area contributed by atoms with Crippen LogP contribution < -0.4 is 15.9 Å². The molecule has 2 aliphatic rings. The van der Waals surface area contributed by atoms with E-state index in [2.05, 4.69) is 158 Å². The van der Waals surface area contributed by atoms with Crippen molar-refractivity contribution in [1.29, 1.82) is 5.26 Å². The van der Waals surface area contributed by atoms with Gasteiger partial charge in [0, 0.05) is 48.4 Å². The Morgan fingerprint density at radius 1 is 0.517 bits per heavy atom. The third kappa shape index (κ3) is 4.20. The zero-order valence-electron chi connectivity index (χ0n) is 32.0. The van der Waals surface area contributed by atoms with E-state index < -0.39 is 7.14 Å². The van der Waals surface area contributed by atoms with Crippen LogP contribution in [-0.4, -0.2) is 4.57 Å². The van der Waals surface area contributed by atoms with Gasteiger partial charge in [0.2, 0.25) is 0 Å². The number of nitriles is 1. The maximum Gasteiger partial charge on any atom is 0.172 e. The molecule has 4 heteroatoms. The molecule has 1 aliphatic carbocycles. The molecule has 0 radical (unpaired) electrons. The van der Waals surface area contributed by atoms with Crippen LogP contribution in [0.15, 0.2) is 176 Å². The summed E-state index contributed by atoms with van der Waals surface area (Å²) in [5.41, 5.74) is 13.1. The molecular formula is C54H35N2OP. The number of rotatable bonds is 3. The predicted octanol–water partition coefficient (Wildman–Crippen LogP) is 12.6. The smallest absolute Gasteiger partial charge is 0.172 e. The zero-order chi connectivity index (χ0) is 38.9. The SMILES string of the molecule is CC1(C)c2cc(C#N)ccc2-c2ccc(-c3c4ccccc4c(-n4c5ccccc5c5ccc6c(c54)-c4ccccc4P6(=O)c4ccccc4)c4ccccc34)cc21. The number of nitrogens with zero attached hydrogens (tertiary/aromatic N) is 2. The first-order valence-corrected chi connectivity index (χ1v) is 21.6. The van der Waals surface area contributed by atoms with Crippen LogP contribution in [0.25, 0.3) is 82.4 Å². The highest BCUT2D eigenvalue weighted by Gasteiger charge is 2.42. The normalized spacial score (nSPS) is 16.0. The molecule has 58 heavy (non-hydrogen) atoms. The molecule has 0 spiro atoms. The lowest BCUT2D eigenvalue weighted by molar-refractivity contribution is 0.593. The third-order valence-electron chi connectivity index (χ3n) is 13.0. The second kappa shape index (κ2) is 11.8. The van der Waals surface area contributed by atoms with Crippen LogP contribution in [0.2, 0.25) is 0 Å². The van der Waals surface area contributed by atoms with E-state index in [0.29, 0.717) is 5.56 Å². The molecule has 9 aromatic carbocycles. The maximum atomic E-state index is 15.8. The first kappa shape index (κ1) is 33.2. The van der Waals surface area contributed by atoms with E-state index in [9.17, 15) is 5.26 Å². The number of hydrogen-bond acceptors (Lipinski definition) is 2. The standard InChI is InChI=1S/C54H35N2OP/c1-54(2)45-30-33(32-55)24-26-36(45)37-27-25-34(31-46(37)54)50-39-17-6-8-19-41(39)52(42-20-9-7-18-40(42)50)56-47-22-12-10-16-38(47)43-28-29-49-51(53(43)56)44-21-11-13-23-48(44)58(49,57)35-14-4-3-5-15-35/h3-31H,1-2H3.